The van der Waals surface area contributed by atoms with Crippen molar-refractivity contribution in [1.82, 2.24) is 5.32 Å². The molecule has 1 aliphatic heterocycles. The Kier molecular flexibility index (Phi) is 6.54. The minimum Gasteiger partial charge on any atom is -0.455 e. The van der Waals surface area contributed by atoms with E-state index >= 15 is 0 Å². The summed E-state index contributed by atoms with van der Waals surface area (Å²) < 4.78 is 5.13. The van der Waals surface area contributed by atoms with Gasteiger partial charge in [0.1, 0.15) is 0 Å². The number of ether oxygens (including phenoxy) is 1. The first-order chi connectivity index (χ1) is 13.9. The molecule has 1 aliphatic rings. The van der Waals surface area contributed by atoms with Gasteiger partial charge in [0.15, 0.2) is 6.61 Å². The highest BCUT2D eigenvalue weighted by Gasteiger charge is 2.37. The van der Waals surface area contributed by atoms with E-state index in [9.17, 15) is 14.4 Å². The zero-order chi connectivity index (χ0) is 21.0. The monoisotopic (exact) mass is 414 g/mol. The number of amides is 2. The molecule has 1 fully saturated rings. The van der Waals surface area contributed by atoms with Crippen LogP contribution in [-0.4, -0.2) is 30.9 Å². The second-order valence-electron chi connectivity index (χ2n) is 7.10. The number of halogens is 1. The number of carbonyl (C=O) groups excluding carboxylic acids is 3. The molecule has 29 heavy (non-hydrogen) atoms. The Morgan fingerprint density at radius 1 is 1.17 bits per heavy atom. The van der Waals surface area contributed by atoms with Gasteiger partial charge in [-0.25, -0.2) is 0 Å². The second kappa shape index (κ2) is 9.09. The first kappa shape index (κ1) is 20.9. The number of hydrogen-bond acceptors (Lipinski definition) is 4. The second-order valence-corrected chi connectivity index (χ2v) is 7.51. The summed E-state index contributed by atoms with van der Waals surface area (Å²) in [6.07, 6.45) is 0.0768. The van der Waals surface area contributed by atoms with Crippen LogP contribution in [0.5, 0.6) is 0 Å². The van der Waals surface area contributed by atoms with Gasteiger partial charge < -0.3 is 15.0 Å². The first-order valence-electron chi connectivity index (χ1n) is 9.40. The topological polar surface area (TPSA) is 75.7 Å². The van der Waals surface area contributed by atoms with Crippen molar-refractivity contribution in [2.24, 2.45) is 5.92 Å². The van der Waals surface area contributed by atoms with E-state index in [1.807, 2.05) is 38.1 Å². The summed E-state index contributed by atoms with van der Waals surface area (Å²) in [4.78, 5) is 38.3. The Morgan fingerprint density at radius 3 is 2.69 bits per heavy atom. The maximum absolute atomic E-state index is 12.4. The van der Waals surface area contributed by atoms with E-state index in [4.69, 9.17) is 16.3 Å². The minimum absolute atomic E-state index is 0.0768. The van der Waals surface area contributed by atoms with E-state index in [0.29, 0.717) is 5.02 Å². The number of hydrogen-bond donors (Lipinski definition) is 1. The van der Waals surface area contributed by atoms with Gasteiger partial charge in [-0.1, -0.05) is 41.9 Å². The number of esters is 1. The lowest BCUT2D eigenvalue weighted by Gasteiger charge is -2.20. The number of nitrogens with zero attached hydrogens (tertiary/aromatic N) is 1. The lowest BCUT2D eigenvalue weighted by atomic mass is 10.1. The molecule has 0 saturated carbocycles. The molecule has 2 amide bonds. The summed E-state index contributed by atoms with van der Waals surface area (Å²) in [5, 5.41) is 3.22. The summed E-state index contributed by atoms with van der Waals surface area (Å²) in [5.41, 5.74) is 3.67. The van der Waals surface area contributed by atoms with Crippen LogP contribution in [0.3, 0.4) is 0 Å². The minimum atomic E-state index is -0.584. The highest BCUT2D eigenvalue weighted by Crippen LogP contribution is 2.29. The number of carbonyl (C=O) groups is 3. The summed E-state index contributed by atoms with van der Waals surface area (Å²) in [7, 11) is 0. The van der Waals surface area contributed by atoms with Crippen LogP contribution < -0.4 is 10.2 Å². The molecule has 0 aromatic heterocycles. The number of rotatable bonds is 6. The van der Waals surface area contributed by atoms with E-state index in [1.54, 1.807) is 23.1 Å². The smallest absolute Gasteiger partial charge is 0.311 e. The Balaban J connectivity index is 1.51. The van der Waals surface area contributed by atoms with Crippen LogP contribution in [0.1, 0.15) is 23.1 Å². The van der Waals surface area contributed by atoms with Gasteiger partial charge in [0.2, 0.25) is 5.91 Å². The molecule has 0 aliphatic carbocycles. The van der Waals surface area contributed by atoms with Crippen LogP contribution in [0, 0.1) is 19.8 Å². The third-order valence-electron chi connectivity index (χ3n) is 5.10. The van der Waals surface area contributed by atoms with Crippen molar-refractivity contribution in [2.75, 3.05) is 18.1 Å². The molecule has 0 spiro atoms. The third kappa shape index (κ3) is 4.95. The maximum Gasteiger partial charge on any atom is 0.311 e. The molecule has 3 rings (SSSR count). The van der Waals surface area contributed by atoms with Gasteiger partial charge in [-0.15, -0.1) is 0 Å². The zero-order valence-corrected chi connectivity index (χ0v) is 17.2. The summed E-state index contributed by atoms with van der Waals surface area (Å²) in [5.74, 6) is -1.67. The van der Waals surface area contributed by atoms with Crippen molar-refractivity contribution in [3.05, 3.63) is 64.2 Å². The van der Waals surface area contributed by atoms with Gasteiger partial charge in [0.05, 0.1) is 5.92 Å². The van der Waals surface area contributed by atoms with E-state index in [2.05, 4.69) is 5.32 Å². The summed E-state index contributed by atoms with van der Waals surface area (Å²) in [6, 6.07) is 12.9. The van der Waals surface area contributed by atoms with E-state index in [0.717, 1.165) is 22.4 Å². The molecular weight excluding hydrogens is 392 g/mol. The predicted octanol–water partition coefficient (Wildman–Crippen LogP) is 3.17. The third-order valence-corrected chi connectivity index (χ3v) is 5.47. The number of aryl methyl sites for hydroxylation is 1. The zero-order valence-electron chi connectivity index (χ0n) is 16.4. The quantitative estimate of drug-likeness (QED) is 0.736. The number of benzene rings is 2. The summed E-state index contributed by atoms with van der Waals surface area (Å²) >= 11 is 6.05. The SMILES string of the molecule is Cc1cccc(N2C[C@H](C(=O)OCC(=O)NCc3ccccc3Cl)CC2=O)c1C. The van der Waals surface area contributed by atoms with Crippen molar-refractivity contribution in [3.63, 3.8) is 0 Å². The molecule has 1 heterocycles. The molecule has 2 aromatic carbocycles. The molecule has 152 valence electrons. The Bertz CT molecular complexity index is 944. The Hall–Kier alpha value is -2.86. The van der Waals surface area contributed by atoms with Crippen molar-refractivity contribution < 1.29 is 19.1 Å². The molecule has 7 heteroatoms. The van der Waals surface area contributed by atoms with Crippen LogP contribution in [0.15, 0.2) is 42.5 Å². The lowest BCUT2D eigenvalue weighted by molar-refractivity contribution is -0.152. The average Bonchev–Trinajstić information content (AvgIpc) is 3.09. The fraction of sp³-hybridized carbons (Fsp3) is 0.318. The van der Waals surface area contributed by atoms with Gasteiger partial charge in [-0.05, 0) is 42.7 Å². The molecule has 1 atom stereocenters. The summed E-state index contributed by atoms with van der Waals surface area (Å²) in [6.45, 7) is 4.04. The van der Waals surface area contributed by atoms with Gasteiger partial charge >= 0.3 is 5.97 Å². The molecule has 6 nitrogen and oxygen atoms in total. The average molecular weight is 415 g/mol. The van der Waals surface area contributed by atoms with Gasteiger partial charge in [0, 0.05) is 30.2 Å². The van der Waals surface area contributed by atoms with Gasteiger partial charge in [-0.2, -0.15) is 0 Å². The van der Waals surface area contributed by atoms with Crippen LogP contribution in [-0.2, 0) is 25.7 Å². The lowest BCUT2D eigenvalue weighted by Crippen LogP contribution is -2.31. The standard InChI is InChI=1S/C22H23ClN2O4/c1-14-6-5-9-19(15(14)2)25-12-17(10-21(25)27)22(28)29-13-20(26)24-11-16-7-3-4-8-18(16)23/h3-9,17H,10-13H2,1-2H3,(H,24,26)/t17-/m1/s1. The molecule has 1 N–H and O–H groups in total. The van der Waals surface area contributed by atoms with E-state index in [1.165, 1.54) is 0 Å². The van der Waals surface area contributed by atoms with Crippen LogP contribution >= 0.6 is 11.6 Å². The van der Waals surface area contributed by atoms with E-state index < -0.39 is 24.4 Å². The molecule has 0 unspecified atom stereocenters. The molecular formula is C22H23ClN2O4. The van der Waals surface area contributed by atoms with Crippen LogP contribution in [0.25, 0.3) is 0 Å². The van der Waals surface area contributed by atoms with E-state index in [-0.39, 0.29) is 25.4 Å². The van der Waals surface area contributed by atoms with Crippen molar-refractivity contribution in [2.45, 2.75) is 26.8 Å². The molecule has 2 aromatic rings. The van der Waals surface area contributed by atoms with Crippen molar-refractivity contribution >= 4 is 35.1 Å². The van der Waals surface area contributed by atoms with Crippen molar-refractivity contribution in [3.8, 4) is 0 Å². The highest BCUT2D eigenvalue weighted by molar-refractivity contribution is 6.31. The van der Waals surface area contributed by atoms with Crippen LogP contribution in [0.4, 0.5) is 5.69 Å². The molecule has 1 saturated heterocycles. The largest absolute Gasteiger partial charge is 0.455 e. The number of anilines is 1. The Labute approximate surface area is 174 Å². The fourth-order valence-electron chi connectivity index (χ4n) is 3.27. The fourth-order valence-corrected chi connectivity index (χ4v) is 3.47. The first-order valence-corrected chi connectivity index (χ1v) is 9.78. The maximum atomic E-state index is 12.4. The number of nitrogens with one attached hydrogen (secondary N) is 1. The van der Waals surface area contributed by atoms with Gasteiger partial charge in [-0.3, -0.25) is 14.4 Å². The van der Waals surface area contributed by atoms with Crippen LogP contribution in [0.2, 0.25) is 5.02 Å². The Morgan fingerprint density at radius 2 is 1.93 bits per heavy atom. The predicted molar refractivity (Wildman–Crippen MR) is 111 cm³/mol. The molecule has 0 bridgehead atoms. The normalized spacial score (nSPS) is 16.0. The highest BCUT2D eigenvalue weighted by atomic mass is 35.5. The van der Waals surface area contributed by atoms with Gasteiger partial charge in [0.25, 0.3) is 5.91 Å². The molecule has 0 radical (unpaired) electrons. The van der Waals surface area contributed by atoms with Crippen molar-refractivity contribution in [1.29, 1.82) is 0 Å².